The van der Waals surface area contributed by atoms with E-state index in [0.717, 1.165) is 21.2 Å². The van der Waals surface area contributed by atoms with E-state index in [9.17, 15) is 4.79 Å². The average molecular weight is 404 g/mol. The Labute approximate surface area is 154 Å². The third-order valence-corrected chi connectivity index (χ3v) is 4.28. The number of methoxy groups -OCH3 is 1. The monoisotopic (exact) mass is 403 g/mol. The van der Waals surface area contributed by atoms with Gasteiger partial charge in [-0.25, -0.2) is 0 Å². The van der Waals surface area contributed by atoms with Crippen LogP contribution in [-0.4, -0.2) is 26.2 Å². The zero-order valence-electron chi connectivity index (χ0n) is 13.8. The van der Waals surface area contributed by atoms with Crippen LogP contribution in [0.5, 0.6) is 5.75 Å². The maximum atomic E-state index is 12.3. The first-order valence-electron chi connectivity index (χ1n) is 7.84. The highest BCUT2D eigenvalue weighted by Gasteiger charge is 2.13. The molecule has 130 valence electrons. The van der Waals surface area contributed by atoms with Crippen LogP contribution in [0.2, 0.25) is 0 Å². The number of hydrogen-bond acceptors (Lipinski definition) is 4. The third kappa shape index (κ3) is 4.41. The summed E-state index contributed by atoms with van der Waals surface area (Å²) in [5.74, 6) is 0.819. The molecule has 0 radical (unpaired) electrons. The number of furan rings is 1. The summed E-state index contributed by atoms with van der Waals surface area (Å²) in [6, 6.07) is 15.0. The Morgan fingerprint density at radius 1 is 1.16 bits per heavy atom. The summed E-state index contributed by atoms with van der Waals surface area (Å²) in [6.45, 7) is 1.47. The van der Waals surface area contributed by atoms with Crippen LogP contribution in [0.3, 0.4) is 0 Å². The van der Waals surface area contributed by atoms with Gasteiger partial charge in [-0.3, -0.25) is 4.79 Å². The molecular weight excluding hydrogens is 386 g/mol. The molecule has 1 N–H and O–H groups in total. The molecule has 0 atom stereocenters. The lowest BCUT2D eigenvalue weighted by atomic mass is 10.2. The standard InChI is InChI=1S/C19H18BrNO4/c1-23-9-10-24-15-7-5-13(6-8-15)12-21-19(22)17-11-14-3-2-4-16(20)18(14)25-17/h2-8,11H,9-10,12H2,1H3,(H,21,22). The van der Waals surface area contributed by atoms with Crippen LogP contribution in [0.15, 0.2) is 57.4 Å². The molecule has 1 heterocycles. The molecule has 1 amide bonds. The van der Waals surface area contributed by atoms with E-state index in [1.54, 1.807) is 13.2 Å². The third-order valence-electron chi connectivity index (χ3n) is 3.65. The number of hydrogen-bond donors (Lipinski definition) is 1. The lowest BCUT2D eigenvalue weighted by molar-refractivity contribution is 0.0925. The molecule has 0 bridgehead atoms. The maximum absolute atomic E-state index is 12.3. The zero-order chi connectivity index (χ0) is 17.6. The summed E-state index contributed by atoms with van der Waals surface area (Å²) in [5, 5.41) is 3.74. The predicted octanol–water partition coefficient (Wildman–Crippen LogP) is 4.15. The number of rotatable bonds is 7. The first-order valence-corrected chi connectivity index (χ1v) is 8.63. The Morgan fingerprint density at radius 3 is 2.68 bits per heavy atom. The van der Waals surface area contributed by atoms with Gasteiger partial charge in [-0.1, -0.05) is 24.3 Å². The number of carbonyl (C=O) groups is 1. The van der Waals surface area contributed by atoms with Gasteiger partial charge in [0, 0.05) is 19.0 Å². The second-order valence-electron chi connectivity index (χ2n) is 5.44. The van der Waals surface area contributed by atoms with Gasteiger partial charge in [-0.05, 0) is 45.8 Å². The van der Waals surface area contributed by atoms with Gasteiger partial charge >= 0.3 is 0 Å². The van der Waals surface area contributed by atoms with Gasteiger partial charge in [-0.2, -0.15) is 0 Å². The number of fused-ring (bicyclic) bond motifs is 1. The van der Waals surface area contributed by atoms with Crippen molar-refractivity contribution in [2.45, 2.75) is 6.54 Å². The van der Waals surface area contributed by atoms with Crippen molar-refractivity contribution in [2.75, 3.05) is 20.3 Å². The van der Waals surface area contributed by atoms with Gasteiger partial charge in [0.2, 0.25) is 0 Å². The van der Waals surface area contributed by atoms with E-state index in [1.807, 2.05) is 42.5 Å². The van der Waals surface area contributed by atoms with E-state index in [4.69, 9.17) is 13.9 Å². The normalized spacial score (nSPS) is 10.8. The average Bonchev–Trinajstić information content (AvgIpc) is 3.07. The lowest BCUT2D eigenvalue weighted by Gasteiger charge is -2.07. The van der Waals surface area contributed by atoms with Crippen LogP contribution in [0.1, 0.15) is 16.1 Å². The van der Waals surface area contributed by atoms with Gasteiger partial charge in [0.05, 0.1) is 11.1 Å². The lowest BCUT2D eigenvalue weighted by Crippen LogP contribution is -2.22. The smallest absolute Gasteiger partial charge is 0.287 e. The number of ether oxygens (including phenoxy) is 2. The Hall–Kier alpha value is -2.31. The van der Waals surface area contributed by atoms with Crippen LogP contribution < -0.4 is 10.1 Å². The Kier molecular flexibility index (Phi) is 5.73. The Bertz CT molecular complexity index is 857. The quantitative estimate of drug-likeness (QED) is 0.601. The summed E-state index contributed by atoms with van der Waals surface area (Å²) in [7, 11) is 1.63. The summed E-state index contributed by atoms with van der Waals surface area (Å²) in [4.78, 5) is 12.3. The van der Waals surface area contributed by atoms with Gasteiger partial charge in [0.1, 0.15) is 17.9 Å². The largest absolute Gasteiger partial charge is 0.491 e. The summed E-state index contributed by atoms with van der Waals surface area (Å²) < 4.78 is 16.9. The summed E-state index contributed by atoms with van der Waals surface area (Å²) in [6.07, 6.45) is 0. The number of halogens is 1. The number of nitrogens with one attached hydrogen (secondary N) is 1. The summed E-state index contributed by atoms with van der Waals surface area (Å²) in [5.41, 5.74) is 1.65. The topological polar surface area (TPSA) is 60.7 Å². The van der Waals surface area contributed by atoms with Crippen molar-refractivity contribution in [3.8, 4) is 5.75 Å². The molecule has 0 aliphatic rings. The molecule has 0 aliphatic heterocycles. The fourth-order valence-corrected chi connectivity index (χ4v) is 2.82. The van der Waals surface area contributed by atoms with Crippen molar-refractivity contribution in [2.24, 2.45) is 0 Å². The number of benzene rings is 2. The number of carbonyl (C=O) groups excluding carboxylic acids is 1. The van der Waals surface area contributed by atoms with Crippen molar-refractivity contribution in [3.05, 3.63) is 64.3 Å². The highest BCUT2D eigenvalue weighted by molar-refractivity contribution is 9.10. The first kappa shape index (κ1) is 17.5. The van der Waals surface area contributed by atoms with Crippen molar-refractivity contribution in [3.63, 3.8) is 0 Å². The highest BCUT2D eigenvalue weighted by atomic mass is 79.9. The van der Waals surface area contributed by atoms with Gasteiger partial charge in [-0.15, -0.1) is 0 Å². The van der Waals surface area contributed by atoms with E-state index in [0.29, 0.717) is 31.1 Å². The van der Waals surface area contributed by atoms with Crippen LogP contribution in [0, 0.1) is 0 Å². The van der Waals surface area contributed by atoms with Crippen LogP contribution in [0.4, 0.5) is 0 Å². The summed E-state index contributed by atoms with van der Waals surface area (Å²) >= 11 is 3.42. The SMILES string of the molecule is COCCOc1ccc(CNC(=O)c2cc3cccc(Br)c3o2)cc1. The molecule has 5 nitrogen and oxygen atoms in total. The predicted molar refractivity (Wildman–Crippen MR) is 98.9 cm³/mol. The van der Waals surface area contributed by atoms with E-state index < -0.39 is 0 Å². The molecule has 2 aromatic carbocycles. The Balaban J connectivity index is 1.58. The van der Waals surface area contributed by atoms with Gasteiger partial charge in [0.15, 0.2) is 5.76 Å². The minimum atomic E-state index is -0.247. The van der Waals surface area contributed by atoms with Gasteiger partial charge < -0.3 is 19.2 Å². The maximum Gasteiger partial charge on any atom is 0.287 e. The second-order valence-corrected chi connectivity index (χ2v) is 6.29. The fraction of sp³-hybridized carbons (Fsp3) is 0.211. The van der Waals surface area contributed by atoms with Crippen molar-refractivity contribution in [1.29, 1.82) is 0 Å². The minimum absolute atomic E-state index is 0.247. The molecular formula is C19H18BrNO4. The van der Waals surface area contributed by atoms with E-state index in [1.165, 1.54) is 0 Å². The molecule has 1 aromatic heterocycles. The first-order chi connectivity index (χ1) is 12.2. The van der Waals surface area contributed by atoms with E-state index >= 15 is 0 Å². The molecule has 3 rings (SSSR count). The molecule has 0 unspecified atom stereocenters. The molecule has 25 heavy (non-hydrogen) atoms. The number of para-hydroxylation sites is 1. The highest BCUT2D eigenvalue weighted by Crippen LogP contribution is 2.26. The van der Waals surface area contributed by atoms with Crippen molar-refractivity contribution < 1.29 is 18.7 Å². The molecule has 0 spiro atoms. The molecule has 6 heteroatoms. The molecule has 0 saturated heterocycles. The number of amides is 1. The van der Waals surface area contributed by atoms with Crippen LogP contribution in [0.25, 0.3) is 11.0 Å². The molecule has 0 saturated carbocycles. The van der Waals surface area contributed by atoms with E-state index in [2.05, 4.69) is 21.2 Å². The van der Waals surface area contributed by atoms with Crippen molar-refractivity contribution in [1.82, 2.24) is 5.32 Å². The van der Waals surface area contributed by atoms with Crippen LogP contribution >= 0.6 is 15.9 Å². The molecule has 3 aromatic rings. The Morgan fingerprint density at radius 2 is 1.96 bits per heavy atom. The zero-order valence-corrected chi connectivity index (χ0v) is 15.3. The second kappa shape index (κ2) is 8.18. The van der Waals surface area contributed by atoms with E-state index in [-0.39, 0.29) is 5.91 Å². The van der Waals surface area contributed by atoms with Gasteiger partial charge in [0.25, 0.3) is 5.91 Å². The molecule has 0 fully saturated rings. The van der Waals surface area contributed by atoms with Crippen LogP contribution in [-0.2, 0) is 11.3 Å². The minimum Gasteiger partial charge on any atom is -0.491 e. The fourth-order valence-electron chi connectivity index (χ4n) is 2.36. The van der Waals surface area contributed by atoms with Crippen molar-refractivity contribution >= 4 is 32.8 Å². The molecule has 0 aliphatic carbocycles.